The Balaban J connectivity index is 4.52. The lowest BCUT2D eigenvalue weighted by molar-refractivity contribution is -0.175. The third-order valence-corrected chi connectivity index (χ3v) is 3.41. The van der Waals surface area contributed by atoms with Gasteiger partial charge in [-0.05, 0) is 41.0 Å². The molecule has 0 amide bonds. The Morgan fingerprint density at radius 3 is 1.50 bits per heavy atom. The molecule has 2 atom stereocenters. The van der Waals surface area contributed by atoms with Gasteiger partial charge in [0.15, 0.2) is 5.41 Å². The molecule has 130 valence electrons. The number of hydrogen-bond donors (Lipinski definition) is 0. The highest BCUT2D eigenvalue weighted by Crippen LogP contribution is 2.25. The van der Waals surface area contributed by atoms with Gasteiger partial charge in [-0.2, -0.15) is 0 Å². The van der Waals surface area contributed by atoms with Gasteiger partial charge < -0.3 is 18.9 Å². The van der Waals surface area contributed by atoms with E-state index >= 15 is 0 Å². The Morgan fingerprint density at radius 1 is 0.864 bits per heavy atom. The highest BCUT2D eigenvalue weighted by molar-refractivity contribution is 5.99. The van der Waals surface area contributed by atoms with E-state index in [4.69, 9.17) is 18.9 Å². The molecule has 0 saturated heterocycles. The zero-order valence-corrected chi connectivity index (χ0v) is 14.6. The van der Waals surface area contributed by atoms with Crippen molar-refractivity contribution in [3.8, 4) is 0 Å². The molecule has 6 nitrogen and oxygen atoms in total. The fraction of sp³-hybridized carbons (Fsp3) is 0.875. The van der Waals surface area contributed by atoms with Gasteiger partial charge in [-0.25, -0.2) is 0 Å². The summed E-state index contributed by atoms with van der Waals surface area (Å²) in [7, 11) is 0. The van der Waals surface area contributed by atoms with Crippen molar-refractivity contribution >= 4 is 11.9 Å². The minimum atomic E-state index is -1.31. The summed E-state index contributed by atoms with van der Waals surface area (Å²) in [5, 5.41) is 0. The Hall–Kier alpha value is -1.14. The number of ether oxygens (including phenoxy) is 4. The summed E-state index contributed by atoms with van der Waals surface area (Å²) in [5.74, 6) is -1.17. The van der Waals surface area contributed by atoms with E-state index in [-0.39, 0.29) is 25.4 Å². The van der Waals surface area contributed by atoms with Crippen LogP contribution < -0.4 is 0 Å². The van der Waals surface area contributed by atoms with Gasteiger partial charge in [0.05, 0.1) is 12.2 Å². The number of rotatable bonds is 11. The first-order chi connectivity index (χ1) is 10.3. The summed E-state index contributed by atoms with van der Waals surface area (Å²) in [4.78, 5) is 24.4. The molecule has 0 spiro atoms. The summed E-state index contributed by atoms with van der Waals surface area (Å²) in [6, 6.07) is 0. The molecule has 2 unspecified atom stereocenters. The second kappa shape index (κ2) is 10.6. The standard InChI is InChI=1S/C16H30O6/c1-7-16(6,14(17)21-10-12(4)19-8-2)15(18)22-11-13(5)20-9-3/h12-13H,7-11H2,1-6H3. The molecule has 0 aromatic heterocycles. The fourth-order valence-corrected chi connectivity index (χ4v) is 1.74. The van der Waals surface area contributed by atoms with Crippen LogP contribution in [0.1, 0.15) is 48.0 Å². The van der Waals surface area contributed by atoms with Gasteiger partial charge in [0.25, 0.3) is 0 Å². The maximum atomic E-state index is 12.2. The molecular formula is C16H30O6. The second-order valence-electron chi connectivity index (χ2n) is 5.41. The van der Waals surface area contributed by atoms with Crippen LogP contribution in [0.5, 0.6) is 0 Å². The molecule has 0 aliphatic rings. The summed E-state index contributed by atoms with van der Waals surface area (Å²) < 4.78 is 21.0. The number of carbonyl (C=O) groups is 2. The van der Waals surface area contributed by atoms with Crippen LogP contribution in [0.3, 0.4) is 0 Å². The van der Waals surface area contributed by atoms with Crippen molar-refractivity contribution in [1.29, 1.82) is 0 Å². The van der Waals surface area contributed by atoms with Crippen molar-refractivity contribution in [2.24, 2.45) is 5.41 Å². The van der Waals surface area contributed by atoms with Crippen molar-refractivity contribution in [2.45, 2.75) is 60.2 Å². The molecule has 6 heteroatoms. The summed E-state index contributed by atoms with van der Waals surface area (Å²) in [6.45, 7) is 12.0. The average molecular weight is 318 g/mol. The fourth-order valence-electron chi connectivity index (χ4n) is 1.74. The van der Waals surface area contributed by atoms with Crippen LogP contribution in [0.2, 0.25) is 0 Å². The molecule has 0 N–H and O–H groups in total. The van der Waals surface area contributed by atoms with Crippen molar-refractivity contribution in [1.82, 2.24) is 0 Å². The zero-order valence-electron chi connectivity index (χ0n) is 14.6. The quantitative estimate of drug-likeness (QED) is 0.430. The van der Waals surface area contributed by atoms with Crippen LogP contribution in [0.25, 0.3) is 0 Å². The molecule has 0 aliphatic carbocycles. The lowest BCUT2D eigenvalue weighted by Crippen LogP contribution is -2.40. The van der Waals surface area contributed by atoms with Crippen LogP contribution in [-0.2, 0) is 28.5 Å². The average Bonchev–Trinajstić information content (AvgIpc) is 2.49. The second-order valence-corrected chi connectivity index (χ2v) is 5.41. The summed E-state index contributed by atoms with van der Waals surface area (Å²) in [5.41, 5.74) is -1.31. The van der Waals surface area contributed by atoms with Crippen molar-refractivity contribution in [3.05, 3.63) is 0 Å². The van der Waals surface area contributed by atoms with Crippen LogP contribution in [0.4, 0.5) is 0 Å². The molecule has 0 heterocycles. The van der Waals surface area contributed by atoms with E-state index in [0.29, 0.717) is 19.6 Å². The Bertz CT molecular complexity index is 314. The van der Waals surface area contributed by atoms with E-state index in [0.717, 1.165) is 0 Å². The Labute approximate surface area is 133 Å². The highest BCUT2D eigenvalue weighted by Gasteiger charge is 2.43. The number of carbonyl (C=O) groups excluding carboxylic acids is 2. The van der Waals surface area contributed by atoms with Crippen LogP contribution in [0, 0.1) is 5.41 Å². The van der Waals surface area contributed by atoms with Gasteiger partial charge in [0.1, 0.15) is 13.2 Å². The van der Waals surface area contributed by atoms with Crippen molar-refractivity contribution in [2.75, 3.05) is 26.4 Å². The van der Waals surface area contributed by atoms with Gasteiger partial charge in [-0.1, -0.05) is 6.92 Å². The van der Waals surface area contributed by atoms with E-state index in [1.165, 1.54) is 6.92 Å². The minimum absolute atomic E-state index is 0.116. The van der Waals surface area contributed by atoms with Crippen molar-refractivity contribution in [3.63, 3.8) is 0 Å². The molecule has 0 aromatic rings. The van der Waals surface area contributed by atoms with E-state index in [2.05, 4.69) is 0 Å². The summed E-state index contributed by atoms with van der Waals surface area (Å²) in [6.07, 6.45) is -0.107. The predicted octanol–water partition coefficient (Wildman–Crippen LogP) is 2.34. The van der Waals surface area contributed by atoms with E-state index < -0.39 is 17.4 Å². The maximum absolute atomic E-state index is 12.2. The predicted molar refractivity (Wildman–Crippen MR) is 82.5 cm³/mol. The first kappa shape index (κ1) is 20.9. The summed E-state index contributed by atoms with van der Waals surface area (Å²) >= 11 is 0. The van der Waals surface area contributed by atoms with E-state index in [1.807, 2.05) is 27.7 Å². The highest BCUT2D eigenvalue weighted by atomic mass is 16.6. The van der Waals surface area contributed by atoms with E-state index in [9.17, 15) is 9.59 Å². The molecule has 0 saturated carbocycles. The third kappa shape index (κ3) is 6.75. The van der Waals surface area contributed by atoms with Crippen LogP contribution >= 0.6 is 0 Å². The molecule has 0 fully saturated rings. The van der Waals surface area contributed by atoms with Gasteiger partial charge in [-0.3, -0.25) is 9.59 Å². The van der Waals surface area contributed by atoms with Gasteiger partial charge in [-0.15, -0.1) is 0 Å². The molecular weight excluding hydrogens is 288 g/mol. The van der Waals surface area contributed by atoms with Crippen LogP contribution in [-0.4, -0.2) is 50.6 Å². The largest absolute Gasteiger partial charge is 0.462 e. The van der Waals surface area contributed by atoms with Gasteiger partial charge in [0.2, 0.25) is 0 Å². The Morgan fingerprint density at radius 2 is 1.23 bits per heavy atom. The normalized spacial score (nSPS) is 16.5. The number of esters is 2. The Kier molecular flexibility index (Phi) is 10.0. The molecule has 0 bridgehead atoms. The van der Waals surface area contributed by atoms with Gasteiger partial charge in [0, 0.05) is 13.2 Å². The monoisotopic (exact) mass is 318 g/mol. The minimum Gasteiger partial charge on any atom is -0.462 e. The first-order valence-corrected chi connectivity index (χ1v) is 7.89. The lowest BCUT2D eigenvalue weighted by Gasteiger charge is -2.25. The van der Waals surface area contributed by atoms with Crippen molar-refractivity contribution < 1.29 is 28.5 Å². The third-order valence-electron chi connectivity index (χ3n) is 3.41. The smallest absolute Gasteiger partial charge is 0.323 e. The SMILES string of the molecule is CCOC(C)COC(=O)C(C)(CC)C(=O)OCC(C)OCC. The number of hydrogen-bond acceptors (Lipinski definition) is 6. The zero-order chi connectivity index (χ0) is 17.2. The molecule has 0 aliphatic heterocycles. The van der Waals surface area contributed by atoms with Crippen LogP contribution in [0.15, 0.2) is 0 Å². The topological polar surface area (TPSA) is 71.1 Å². The molecule has 0 radical (unpaired) electrons. The first-order valence-electron chi connectivity index (χ1n) is 7.89. The lowest BCUT2D eigenvalue weighted by atomic mass is 9.88. The van der Waals surface area contributed by atoms with Gasteiger partial charge >= 0.3 is 11.9 Å². The molecule has 0 rings (SSSR count). The molecule has 0 aromatic carbocycles. The molecule has 22 heavy (non-hydrogen) atoms. The van der Waals surface area contributed by atoms with E-state index in [1.54, 1.807) is 6.92 Å². The maximum Gasteiger partial charge on any atom is 0.323 e.